The summed E-state index contributed by atoms with van der Waals surface area (Å²) in [6.07, 6.45) is 4.77. The van der Waals surface area contributed by atoms with Gasteiger partial charge in [-0.2, -0.15) is 0 Å². The maximum Gasteiger partial charge on any atom is 0.261 e. The van der Waals surface area contributed by atoms with Gasteiger partial charge in [0.05, 0.1) is 4.47 Å². The minimum absolute atomic E-state index is 0.00722. The highest BCUT2D eigenvalue weighted by Crippen LogP contribution is 2.31. The van der Waals surface area contributed by atoms with Crippen molar-refractivity contribution in [1.29, 1.82) is 0 Å². The Morgan fingerprint density at radius 3 is 2.37 bits per heavy atom. The molecule has 0 saturated heterocycles. The van der Waals surface area contributed by atoms with E-state index in [0.29, 0.717) is 23.7 Å². The smallest absolute Gasteiger partial charge is 0.261 e. The summed E-state index contributed by atoms with van der Waals surface area (Å²) in [6, 6.07) is 12.9. The number of rotatable bonds is 9. The molecule has 5 nitrogen and oxygen atoms in total. The lowest BCUT2D eigenvalue weighted by atomic mass is 9.87. The first-order chi connectivity index (χ1) is 16.6. The number of carbonyl (C=O) groups excluding carboxylic acids is 2. The van der Waals surface area contributed by atoms with Gasteiger partial charge in [0, 0.05) is 17.6 Å². The molecule has 1 fully saturated rings. The number of hydrogen-bond acceptors (Lipinski definition) is 3. The predicted octanol–water partition coefficient (Wildman–Crippen LogP) is 6.65. The number of nitrogens with one attached hydrogen (secondary N) is 1. The lowest BCUT2D eigenvalue weighted by Crippen LogP contribution is -2.52. The van der Waals surface area contributed by atoms with Gasteiger partial charge in [-0.1, -0.05) is 70.3 Å². The monoisotopic (exact) mass is 562 g/mol. The van der Waals surface area contributed by atoms with Gasteiger partial charge < -0.3 is 15.0 Å². The quantitative estimate of drug-likeness (QED) is 0.372. The molecule has 0 aliphatic heterocycles. The van der Waals surface area contributed by atoms with Crippen LogP contribution in [0.5, 0.6) is 5.75 Å². The van der Waals surface area contributed by atoms with Crippen LogP contribution < -0.4 is 10.1 Å². The third-order valence-corrected chi connectivity index (χ3v) is 7.37. The molecule has 0 spiro atoms. The van der Waals surface area contributed by atoms with Crippen molar-refractivity contribution in [2.24, 2.45) is 0 Å². The molecule has 1 atom stereocenters. The summed E-state index contributed by atoms with van der Waals surface area (Å²) >= 11 is 9.62. The van der Waals surface area contributed by atoms with Crippen LogP contribution in [-0.2, 0) is 21.5 Å². The fourth-order valence-corrected chi connectivity index (χ4v) is 5.00. The van der Waals surface area contributed by atoms with Crippen molar-refractivity contribution >= 4 is 39.3 Å². The molecule has 0 bridgehead atoms. The summed E-state index contributed by atoms with van der Waals surface area (Å²) in [6.45, 7) is 8.52. The first-order valence-electron chi connectivity index (χ1n) is 12.4. The first kappa shape index (κ1) is 27.5. The highest BCUT2D eigenvalue weighted by atomic mass is 79.9. The van der Waals surface area contributed by atoms with Crippen molar-refractivity contribution in [2.45, 2.75) is 83.8 Å². The molecule has 3 rings (SSSR count). The summed E-state index contributed by atoms with van der Waals surface area (Å²) in [5.74, 6) is 0.263. The summed E-state index contributed by atoms with van der Waals surface area (Å²) in [5.41, 5.74) is 2.08. The van der Waals surface area contributed by atoms with Crippen molar-refractivity contribution in [3.8, 4) is 5.75 Å². The van der Waals surface area contributed by atoms with Crippen molar-refractivity contribution in [3.63, 3.8) is 0 Å². The van der Waals surface area contributed by atoms with E-state index in [1.807, 2.05) is 37.3 Å². The average Bonchev–Trinajstić information content (AvgIpc) is 3.31. The van der Waals surface area contributed by atoms with Crippen LogP contribution in [0.15, 0.2) is 46.9 Å². The zero-order valence-corrected chi connectivity index (χ0v) is 23.4. The van der Waals surface area contributed by atoms with Gasteiger partial charge in [0.1, 0.15) is 11.8 Å². The molecule has 1 aliphatic carbocycles. The maximum atomic E-state index is 13.4. The number of nitrogens with zero attached hydrogens (tertiary/aromatic N) is 1. The zero-order chi connectivity index (χ0) is 25.6. The van der Waals surface area contributed by atoms with Gasteiger partial charge in [-0.15, -0.1) is 0 Å². The van der Waals surface area contributed by atoms with E-state index in [1.54, 1.807) is 17.0 Å². The van der Waals surface area contributed by atoms with E-state index >= 15 is 0 Å². The zero-order valence-electron chi connectivity index (χ0n) is 21.1. The summed E-state index contributed by atoms with van der Waals surface area (Å²) in [5, 5.41) is 3.79. The molecule has 2 aromatic carbocycles. The Kier molecular flexibility index (Phi) is 9.65. The standard InChI is InChI=1S/C28H36BrClN2O3/c1-5-24(27(34)31-22-8-6-7-9-22)32(17-19-10-13-21(30)14-11-19)26(33)18-35-25-15-12-20(16-23(25)29)28(2,3)4/h10-16,22,24H,5-9,17-18H2,1-4H3,(H,31,34)/t24-/m1/s1. The molecule has 1 N–H and O–H groups in total. The molecule has 1 aliphatic rings. The molecule has 2 aromatic rings. The first-order valence-corrected chi connectivity index (χ1v) is 13.5. The van der Waals surface area contributed by atoms with Gasteiger partial charge in [-0.05, 0) is 76.0 Å². The van der Waals surface area contributed by atoms with E-state index in [2.05, 4.69) is 42.0 Å². The topological polar surface area (TPSA) is 58.6 Å². The molecule has 0 unspecified atom stereocenters. The van der Waals surface area contributed by atoms with Gasteiger partial charge in [-0.3, -0.25) is 9.59 Å². The van der Waals surface area contributed by atoms with Crippen LogP contribution in [0.3, 0.4) is 0 Å². The number of benzene rings is 2. The highest BCUT2D eigenvalue weighted by molar-refractivity contribution is 9.10. The SMILES string of the molecule is CC[C@H](C(=O)NC1CCCC1)N(Cc1ccc(Cl)cc1)C(=O)COc1ccc(C(C)(C)C)cc1Br. The molecular weight excluding hydrogens is 528 g/mol. The predicted molar refractivity (Wildman–Crippen MR) is 145 cm³/mol. The average molecular weight is 564 g/mol. The second-order valence-corrected chi connectivity index (χ2v) is 11.5. The second-order valence-electron chi connectivity index (χ2n) is 10.2. The van der Waals surface area contributed by atoms with Crippen molar-refractivity contribution < 1.29 is 14.3 Å². The molecule has 190 valence electrons. The van der Waals surface area contributed by atoms with E-state index < -0.39 is 6.04 Å². The lowest BCUT2D eigenvalue weighted by molar-refractivity contribution is -0.143. The molecule has 2 amide bonds. The number of halogens is 2. The van der Waals surface area contributed by atoms with Gasteiger partial charge >= 0.3 is 0 Å². The van der Waals surface area contributed by atoms with Gasteiger partial charge in [0.15, 0.2) is 6.61 Å². The van der Waals surface area contributed by atoms with Gasteiger partial charge in [0.2, 0.25) is 5.91 Å². The largest absolute Gasteiger partial charge is 0.483 e. The highest BCUT2D eigenvalue weighted by Gasteiger charge is 2.31. The minimum atomic E-state index is -0.575. The molecular formula is C28H36BrClN2O3. The Morgan fingerprint density at radius 1 is 1.14 bits per heavy atom. The van der Waals surface area contributed by atoms with Gasteiger partial charge in [0.25, 0.3) is 5.91 Å². The molecule has 35 heavy (non-hydrogen) atoms. The number of carbonyl (C=O) groups is 2. The Morgan fingerprint density at radius 2 is 1.80 bits per heavy atom. The Bertz CT molecular complexity index is 1010. The second kappa shape index (κ2) is 12.3. The van der Waals surface area contributed by atoms with Crippen molar-refractivity contribution in [3.05, 3.63) is 63.1 Å². The van der Waals surface area contributed by atoms with E-state index in [-0.39, 0.29) is 29.9 Å². The molecule has 7 heteroatoms. The normalized spacial score (nSPS) is 15.0. The van der Waals surface area contributed by atoms with Crippen LogP contribution in [-0.4, -0.2) is 35.4 Å². The molecule has 0 heterocycles. The summed E-state index contributed by atoms with van der Waals surface area (Å²) in [7, 11) is 0. The fourth-order valence-electron chi connectivity index (χ4n) is 4.38. The molecule has 0 radical (unpaired) electrons. The Labute approximate surface area is 222 Å². The number of ether oxygens (including phenoxy) is 1. The third kappa shape index (κ3) is 7.71. The van der Waals surface area contributed by atoms with Gasteiger partial charge in [-0.25, -0.2) is 0 Å². The van der Waals surface area contributed by atoms with Crippen LogP contribution in [0.2, 0.25) is 5.02 Å². The third-order valence-electron chi connectivity index (χ3n) is 6.50. The minimum Gasteiger partial charge on any atom is -0.483 e. The van der Waals surface area contributed by atoms with Crippen LogP contribution in [0.1, 0.15) is 70.9 Å². The van der Waals surface area contributed by atoms with Crippen LogP contribution in [0, 0.1) is 0 Å². The number of hydrogen-bond donors (Lipinski definition) is 1. The van der Waals surface area contributed by atoms with E-state index in [9.17, 15) is 9.59 Å². The van der Waals surface area contributed by atoms with E-state index in [0.717, 1.165) is 35.7 Å². The van der Waals surface area contributed by atoms with E-state index in [4.69, 9.17) is 16.3 Å². The van der Waals surface area contributed by atoms with E-state index in [1.165, 1.54) is 5.56 Å². The Hall–Kier alpha value is -2.05. The van der Waals surface area contributed by atoms with Crippen molar-refractivity contribution in [1.82, 2.24) is 10.2 Å². The maximum absolute atomic E-state index is 13.4. The van der Waals surface area contributed by atoms with Crippen LogP contribution >= 0.6 is 27.5 Å². The van der Waals surface area contributed by atoms with Crippen LogP contribution in [0.25, 0.3) is 0 Å². The fraction of sp³-hybridized carbons (Fsp3) is 0.500. The van der Waals surface area contributed by atoms with Crippen LogP contribution in [0.4, 0.5) is 0 Å². The summed E-state index contributed by atoms with van der Waals surface area (Å²) < 4.78 is 6.72. The number of amides is 2. The lowest BCUT2D eigenvalue weighted by Gasteiger charge is -2.31. The summed E-state index contributed by atoms with van der Waals surface area (Å²) in [4.78, 5) is 28.3. The molecule has 1 saturated carbocycles. The Balaban J connectivity index is 1.77. The molecule has 0 aromatic heterocycles. The van der Waals surface area contributed by atoms with Crippen molar-refractivity contribution in [2.75, 3.05) is 6.61 Å².